The zero-order valence-electron chi connectivity index (χ0n) is 19.9. The summed E-state index contributed by atoms with van der Waals surface area (Å²) in [5.74, 6) is -1.57. The number of sulfonamides is 1. The van der Waals surface area contributed by atoms with Gasteiger partial charge in [-0.15, -0.1) is 0 Å². The Morgan fingerprint density at radius 2 is 1.58 bits per heavy atom. The van der Waals surface area contributed by atoms with Crippen molar-refractivity contribution in [1.29, 1.82) is 0 Å². The van der Waals surface area contributed by atoms with Gasteiger partial charge in [0.2, 0.25) is 11.8 Å². The van der Waals surface area contributed by atoms with Gasteiger partial charge in [-0.3, -0.25) is 13.9 Å². The first-order valence-electron chi connectivity index (χ1n) is 11.3. The highest BCUT2D eigenvalue weighted by molar-refractivity contribution is 7.92. The third-order valence-electron chi connectivity index (χ3n) is 5.54. The maximum absolute atomic E-state index is 13.7. The molecule has 0 bridgehead atoms. The molecule has 10 heteroatoms. The van der Waals surface area contributed by atoms with Gasteiger partial charge in [-0.1, -0.05) is 48.0 Å². The fourth-order valence-electron chi connectivity index (χ4n) is 3.57. The number of nitrogens with one attached hydrogen (secondary N) is 1. The second-order valence-corrected chi connectivity index (χ2v) is 10.3. The monoisotopic (exact) mass is 531 g/mol. The van der Waals surface area contributed by atoms with E-state index in [0.717, 1.165) is 16.4 Å². The van der Waals surface area contributed by atoms with Gasteiger partial charge in [0.15, 0.2) is 0 Å². The summed E-state index contributed by atoms with van der Waals surface area (Å²) in [6.45, 7) is 3.05. The Bertz CT molecular complexity index is 1300. The van der Waals surface area contributed by atoms with Crippen LogP contribution in [0.3, 0.4) is 0 Å². The van der Waals surface area contributed by atoms with Gasteiger partial charge < -0.3 is 10.2 Å². The molecule has 3 aromatic carbocycles. The number of nitrogens with zero attached hydrogens (tertiary/aromatic N) is 2. The van der Waals surface area contributed by atoms with Crippen molar-refractivity contribution >= 4 is 39.1 Å². The highest BCUT2D eigenvalue weighted by atomic mass is 35.5. The average Bonchev–Trinajstić information content (AvgIpc) is 2.87. The van der Waals surface area contributed by atoms with E-state index in [9.17, 15) is 22.4 Å². The molecule has 0 aliphatic rings. The molecular weight excluding hydrogens is 505 g/mol. The molecular formula is C26H27ClFN3O4S. The highest BCUT2D eigenvalue weighted by Gasteiger charge is 2.32. The summed E-state index contributed by atoms with van der Waals surface area (Å²) in [6.07, 6.45) is 0. The van der Waals surface area contributed by atoms with Gasteiger partial charge in [-0.2, -0.15) is 0 Å². The largest absolute Gasteiger partial charge is 0.355 e. The second kappa shape index (κ2) is 12.0. The summed E-state index contributed by atoms with van der Waals surface area (Å²) in [4.78, 5) is 27.6. The van der Waals surface area contributed by atoms with Crippen LogP contribution in [-0.4, -0.2) is 44.3 Å². The van der Waals surface area contributed by atoms with Crippen LogP contribution in [0.15, 0.2) is 83.8 Å². The van der Waals surface area contributed by atoms with E-state index in [2.05, 4.69) is 5.32 Å². The van der Waals surface area contributed by atoms with Gasteiger partial charge >= 0.3 is 0 Å². The van der Waals surface area contributed by atoms with Gasteiger partial charge in [0.25, 0.3) is 10.0 Å². The Morgan fingerprint density at radius 3 is 2.19 bits per heavy atom. The summed E-state index contributed by atoms with van der Waals surface area (Å²) in [5.41, 5.74) is 0.708. The molecule has 0 unspecified atom stereocenters. The second-order valence-electron chi connectivity index (χ2n) is 7.98. The lowest BCUT2D eigenvalue weighted by Crippen LogP contribution is -2.51. The Labute approximate surface area is 215 Å². The maximum Gasteiger partial charge on any atom is 0.264 e. The minimum absolute atomic E-state index is 0.0144. The van der Waals surface area contributed by atoms with Gasteiger partial charge in [-0.25, -0.2) is 12.8 Å². The number of carbonyl (C=O) groups excluding carboxylic acids is 2. The molecule has 3 aromatic rings. The topological polar surface area (TPSA) is 86.8 Å². The minimum Gasteiger partial charge on any atom is -0.355 e. The zero-order valence-corrected chi connectivity index (χ0v) is 21.5. The fourth-order valence-corrected chi connectivity index (χ4v) is 5.20. The molecule has 1 N–H and O–H groups in total. The number of carbonyl (C=O) groups is 2. The van der Waals surface area contributed by atoms with Crippen molar-refractivity contribution in [1.82, 2.24) is 10.2 Å². The van der Waals surface area contributed by atoms with E-state index in [1.165, 1.54) is 29.2 Å². The van der Waals surface area contributed by atoms with E-state index in [1.54, 1.807) is 56.3 Å². The maximum atomic E-state index is 13.7. The molecule has 2 amide bonds. The minimum atomic E-state index is -4.20. The standard InChI is InChI=1S/C26H27ClFN3O4S/c1-3-29-26(33)19(2)30(17-20-9-7-8-12-24(20)27)25(32)18-31(22-15-13-21(28)14-16-22)36(34,35)23-10-5-4-6-11-23/h4-16,19H,3,17-18H2,1-2H3,(H,29,33)/t19-/m1/s1. The summed E-state index contributed by atoms with van der Waals surface area (Å²) in [5, 5.41) is 3.10. The summed E-state index contributed by atoms with van der Waals surface area (Å²) < 4.78 is 41.6. The van der Waals surface area contributed by atoms with Crippen LogP contribution in [0.4, 0.5) is 10.1 Å². The molecule has 0 saturated carbocycles. The van der Waals surface area contributed by atoms with Gasteiger partial charge in [0.05, 0.1) is 10.6 Å². The van der Waals surface area contributed by atoms with E-state index >= 15 is 0 Å². The third kappa shape index (κ3) is 6.41. The van der Waals surface area contributed by atoms with Crippen LogP contribution < -0.4 is 9.62 Å². The van der Waals surface area contributed by atoms with Crippen LogP contribution in [0.2, 0.25) is 5.02 Å². The first-order valence-corrected chi connectivity index (χ1v) is 13.1. The number of likely N-dealkylation sites (N-methyl/N-ethyl adjacent to an activating group) is 1. The lowest BCUT2D eigenvalue weighted by atomic mass is 10.1. The lowest BCUT2D eigenvalue weighted by molar-refractivity contribution is -0.139. The van der Waals surface area contributed by atoms with Crippen molar-refractivity contribution in [3.8, 4) is 0 Å². The van der Waals surface area contributed by atoms with Crippen LogP contribution in [0.5, 0.6) is 0 Å². The first-order chi connectivity index (χ1) is 17.1. The molecule has 0 aromatic heterocycles. The molecule has 0 fully saturated rings. The van der Waals surface area contributed by atoms with Crippen LogP contribution in [0.25, 0.3) is 0 Å². The van der Waals surface area contributed by atoms with Gasteiger partial charge in [-0.05, 0) is 61.9 Å². The molecule has 3 rings (SSSR count). The number of halogens is 2. The zero-order chi connectivity index (χ0) is 26.3. The Kier molecular flexibility index (Phi) is 9.06. The number of hydrogen-bond acceptors (Lipinski definition) is 4. The van der Waals surface area contributed by atoms with Gasteiger partial charge in [0, 0.05) is 18.1 Å². The van der Waals surface area contributed by atoms with E-state index in [-0.39, 0.29) is 17.1 Å². The quantitative estimate of drug-likeness (QED) is 0.424. The molecule has 0 radical (unpaired) electrons. The number of amides is 2. The first kappa shape index (κ1) is 27.2. The Balaban J connectivity index is 2.02. The van der Waals surface area contributed by atoms with Crippen LogP contribution in [-0.2, 0) is 26.2 Å². The summed E-state index contributed by atoms with van der Waals surface area (Å²) in [6, 6.07) is 18.4. The molecule has 0 spiro atoms. The van der Waals surface area contributed by atoms with E-state index < -0.39 is 40.2 Å². The molecule has 190 valence electrons. The molecule has 1 atom stereocenters. The van der Waals surface area contributed by atoms with Crippen molar-refractivity contribution in [3.63, 3.8) is 0 Å². The number of benzene rings is 3. The number of rotatable bonds is 10. The van der Waals surface area contributed by atoms with E-state index in [4.69, 9.17) is 11.6 Å². The summed E-state index contributed by atoms with van der Waals surface area (Å²) in [7, 11) is -4.20. The molecule has 0 heterocycles. The van der Waals surface area contributed by atoms with E-state index in [0.29, 0.717) is 17.1 Å². The van der Waals surface area contributed by atoms with Gasteiger partial charge in [0.1, 0.15) is 18.4 Å². The SMILES string of the molecule is CCNC(=O)[C@@H](C)N(Cc1ccccc1Cl)C(=O)CN(c1ccc(F)cc1)S(=O)(=O)c1ccccc1. The van der Waals surface area contributed by atoms with Crippen molar-refractivity contribution in [2.24, 2.45) is 0 Å². The van der Waals surface area contributed by atoms with Crippen molar-refractivity contribution < 1.29 is 22.4 Å². The average molecular weight is 532 g/mol. The normalized spacial score (nSPS) is 12.0. The molecule has 0 aliphatic carbocycles. The predicted molar refractivity (Wildman–Crippen MR) is 138 cm³/mol. The van der Waals surface area contributed by atoms with Crippen LogP contribution in [0, 0.1) is 5.82 Å². The number of anilines is 1. The smallest absolute Gasteiger partial charge is 0.264 e. The Hall–Kier alpha value is -3.43. The van der Waals surface area contributed by atoms with Crippen molar-refractivity contribution in [2.75, 3.05) is 17.4 Å². The number of hydrogen-bond donors (Lipinski definition) is 1. The third-order valence-corrected chi connectivity index (χ3v) is 7.70. The molecule has 36 heavy (non-hydrogen) atoms. The lowest BCUT2D eigenvalue weighted by Gasteiger charge is -2.32. The van der Waals surface area contributed by atoms with Crippen LogP contribution in [0.1, 0.15) is 19.4 Å². The summed E-state index contributed by atoms with van der Waals surface area (Å²) >= 11 is 6.31. The molecule has 7 nitrogen and oxygen atoms in total. The molecule has 0 saturated heterocycles. The fraction of sp³-hybridized carbons (Fsp3) is 0.231. The van der Waals surface area contributed by atoms with Crippen molar-refractivity contribution in [2.45, 2.75) is 31.3 Å². The highest BCUT2D eigenvalue weighted by Crippen LogP contribution is 2.25. The van der Waals surface area contributed by atoms with Crippen LogP contribution >= 0.6 is 11.6 Å². The predicted octanol–water partition coefficient (Wildman–Crippen LogP) is 4.23. The van der Waals surface area contributed by atoms with E-state index in [1.807, 2.05) is 0 Å². The molecule has 0 aliphatic heterocycles. The van der Waals surface area contributed by atoms with Crippen molar-refractivity contribution in [3.05, 3.63) is 95.3 Å². The Morgan fingerprint density at radius 1 is 0.972 bits per heavy atom.